The first kappa shape index (κ1) is 21.2. The first-order chi connectivity index (χ1) is 15.5. The van der Waals surface area contributed by atoms with Gasteiger partial charge in [0.15, 0.2) is 0 Å². The highest BCUT2D eigenvalue weighted by atomic mass is 16.5. The maximum absolute atomic E-state index is 12.5. The summed E-state index contributed by atoms with van der Waals surface area (Å²) in [6.45, 7) is 0.247. The number of aromatic nitrogens is 4. The van der Waals surface area contributed by atoms with E-state index in [2.05, 4.69) is 15.0 Å². The first-order valence-corrected chi connectivity index (χ1v) is 10.4. The minimum absolute atomic E-state index is 0.0998. The average Bonchev–Trinajstić information content (AvgIpc) is 2.78. The lowest BCUT2D eigenvalue weighted by Gasteiger charge is -2.07. The van der Waals surface area contributed by atoms with Gasteiger partial charge in [0, 0.05) is 19.4 Å². The molecule has 2 heterocycles. The number of H-pyrrole nitrogens is 2. The van der Waals surface area contributed by atoms with Crippen molar-refractivity contribution in [2.45, 2.75) is 32.2 Å². The smallest absolute Gasteiger partial charge is 0.328 e. The fraction of sp³-hybridized carbons (Fsp3) is 0.261. The Morgan fingerprint density at radius 2 is 1.69 bits per heavy atom. The SMILES string of the molecule is O=C(CCCc1nc2ccccc2c(=O)[nH]1)OCCCn1c(=O)[nH]c2ccccc2c1=O. The molecule has 0 saturated carbocycles. The van der Waals surface area contributed by atoms with Gasteiger partial charge in [-0.3, -0.25) is 19.0 Å². The van der Waals surface area contributed by atoms with Crippen molar-refractivity contribution >= 4 is 27.8 Å². The molecule has 2 aromatic heterocycles. The molecule has 0 aliphatic carbocycles. The van der Waals surface area contributed by atoms with Crippen molar-refractivity contribution in [1.29, 1.82) is 0 Å². The maximum Gasteiger partial charge on any atom is 0.328 e. The zero-order chi connectivity index (χ0) is 22.5. The molecule has 2 N–H and O–H groups in total. The van der Waals surface area contributed by atoms with E-state index in [1.54, 1.807) is 42.5 Å². The molecule has 9 nitrogen and oxygen atoms in total. The molecule has 32 heavy (non-hydrogen) atoms. The van der Waals surface area contributed by atoms with Gasteiger partial charge in [0.2, 0.25) is 0 Å². The Morgan fingerprint density at radius 1 is 0.938 bits per heavy atom. The summed E-state index contributed by atoms with van der Waals surface area (Å²) < 4.78 is 6.31. The van der Waals surface area contributed by atoms with Crippen LogP contribution < -0.4 is 16.8 Å². The van der Waals surface area contributed by atoms with Gasteiger partial charge in [0.1, 0.15) is 5.82 Å². The van der Waals surface area contributed by atoms with Gasteiger partial charge in [-0.2, -0.15) is 0 Å². The van der Waals surface area contributed by atoms with E-state index in [1.807, 2.05) is 6.07 Å². The molecule has 0 aliphatic rings. The molecule has 0 saturated heterocycles. The van der Waals surface area contributed by atoms with E-state index in [0.29, 0.717) is 46.9 Å². The predicted molar refractivity (Wildman–Crippen MR) is 120 cm³/mol. The standard InChI is InChI=1S/C23H22N4O5/c28-20(12-5-11-19-24-17-9-3-1-7-15(17)21(29)26-19)32-14-6-13-27-22(30)16-8-2-4-10-18(16)25-23(27)31/h1-4,7-10H,5-6,11-14H2,(H,25,31)(H,24,26,29). The number of para-hydroxylation sites is 2. The molecule has 0 spiro atoms. The van der Waals surface area contributed by atoms with Crippen LogP contribution in [0.1, 0.15) is 25.1 Å². The Hall–Kier alpha value is -4.01. The summed E-state index contributed by atoms with van der Waals surface area (Å²) in [4.78, 5) is 58.5. The lowest BCUT2D eigenvalue weighted by Crippen LogP contribution is -2.35. The monoisotopic (exact) mass is 434 g/mol. The zero-order valence-electron chi connectivity index (χ0n) is 17.3. The van der Waals surface area contributed by atoms with Crippen molar-refractivity contribution in [3.63, 3.8) is 0 Å². The van der Waals surface area contributed by atoms with Crippen molar-refractivity contribution in [3.8, 4) is 0 Å². The van der Waals surface area contributed by atoms with Gasteiger partial charge < -0.3 is 14.7 Å². The van der Waals surface area contributed by atoms with Crippen LogP contribution in [0.3, 0.4) is 0 Å². The number of hydrogen-bond acceptors (Lipinski definition) is 6. The third kappa shape index (κ3) is 4.66. The molecule has 164 valence electrons. The highest BCUT2D eigenvalue weighted by Gasteiger charge is 2.09. The summed E-state index contributed by atoms with van der Waals surface area (Å²) >= 11 is 0. The minimum atomic E-state index is -0.489. The molecule has 4 rings (SSSR count). The summed E-state index contributed by atoms with van der Waals surface area (Å²) in [5.41, 5.74) is 0.0525. The summed E-state index contributed by atoms with van der Waals surface area (Å²) in [7, 11) is 0. The third-order valence-electron chi connectivity index (χ3n) is 5.13. The summed E-state index contributed by atoms with van der Waals surface area (Å²) in [5.74, 6) is 0.143. The Bertz CT molecular complexity index is 1450. The summed E-state index contributed by atoms with van der Waals surface area (Å²) in [6, 6.07) is 13.9. The van der Waals surface area contributed by atoms with Gasteiger partial charge in [-0.15, -0.1) is 0 Å². The van der Waals surface area contributed by atoms with Crippen LogP contribution in [-0.4, -0.2) is 32.1 Å². The maximum atomic E-state index is 12.5. The molecule has 0 radical (unpaired) electrons. The minimum Gasteiger partial charge on any atom is -0.466 e. The third-order valence-corrected chi connectivity index (χ3v) is 5.13. The van der Waals surface area contributed by atoms with E-state index in [1.165, 1.54) is 0 Å². The van der Waals surface area contributed by atoms with Crippen LogP contribution in [-0.2, 0) is 22.5 Å². The zero-order valence-corrected chi connectivity index (χ0v) is 17.3. The quantitative estimate of drug-likeness (QED) is 0.322. The number of rotatable bonds is 8. The highest BCUT2D eigenvalue weighted by Crippen LogP contribution is 2.08. The normalized spacial score (nSPS) is 11.1. The number of esters is 1. The van der Waals surface area contributed by atoms with Crippen LogP contribution in [0.5, 0.6) is 0 Å². The second-order valence-corrected chi connectivity index (χ2v) is 7.39. The number of carbonyl (C=O) groups is 1. The molecule has 0 amide bonds. The van der Waals surface area contributed by atoms with Crippen molar-refractivity contribution in [1.82, 2.24) is 19.5 Å². The second kappa shape index (κ2) is 9.42. The molecular formula is C23H22N4O5. The lowest BCUT2D eigenvalue weighted by atomic mass is 10.2. The largest absolute Gasteiger partial charge is 0.466 e. The van der Waals surface area contributed by atoms with Crippen LogP contribution in [0.15, 0.2) is 62.9 Å². The van der Waals surface area contributed by atoms with Gasteiger partial charge in [-0.1, -0.05) is 24.3 Å². The number of ether oxygens (including phenoxy) is 1. The number of benzene rings is 2. The molecule has 2 aromatic carbocycles. The highest BCUT2D eigenvalue weighted by molar-refractivity contribution is 5.77. The van der Waals surface area contributed by atoms with Crippen LogP contribution >= 0.6 is 0 Å². The Morgan fingerprint density at radius 3 is 2.53 bits per heavy atom. The Balaban J connectivity index is 1.25. The van der Waals surface area contributed by atoms with E-state index in [0.717, 1.165) is 4.57 Å². The molecular weight excluding hydrogens is 412 g/mol. The molecule has 9 heteroatoms. The molecule has 0 atom stereocenters. The summed E-state index contributed by atoms with van der Waals surface area (Å²) in [6.07, 6.45) is 1.43. The molecule has 4 aromatic rings. The topological polar surface area (TPSA) is 127 Å². The molecule has 0 unspecified atom stereocenters. The van der Waals surface area contributed by atoms with Gasteiger partial charge >= 0.3 is 11.7 Å². The van der Waals surface area contributed by atoms with E-state index in [-0.39, 0.29) is 36.7 Å². The van der Waals surface area contributed by atoms with Gasteiger partial charge in [-0.25, -0.2) is 9.78 Å². The van der Waals surface area contributed by atoms with Crippen molar-refractivity contribution in [3.05, 3.63) is 85.5 Å². The van der Waals surface area contributed by atoms with E-state index in [9.17, 15) is 19.2 Å². The lowest BCUT2D eigenvalue weighted by molar-refractivity contribution is -0.143. The fourth-order valence-corrected chi connectivity index (χ4v) is 3.54. The fourth-order valence-electron chi connectivity index (χ4n) is 3.54. The number of fused-ring (bicyclic) bond motifs is 2. The first-order valence-electron chi connectivity index (χ1n) is 10.4. The van der Waals surface area contributed by atoms with Crippen LogP contribution in [0.25, 0.3) is 21.8 Å². The number of aryl methyl sites for hydroxylation is 1. The van der Waals surface area contributed by atoms with Crippen molar-refractivity contribution in [2.75, 3.05) is 6.61 Å². The number of aromatic amines is 2. The van der Waals surface area contributed by atoms with Gasteiger partial charge in [-0.05, 0) is 37.1 Å². The number of carbonyl (C=O) groups excluding carboxylic acids is 1. The van der Waals surface area contributed by atoms with E-state index >= 15 is 0 Å². The molecule has 0 fully saturated rings. The van der Waals surface area contributed by atoms with Crippen molar-refractivity contribution < 1.29 is 9.53 Å². The van der Waals surface area contributed by atoms with Crippen LogP contribution in [0.4, 0.5) is 0 Å². The number of nitrogens with one attached hydrogen (secondary N) is 2. The van der Waals surface area contributed by atoms with Crippen LogP contribution in [0.2, 0.25) is 0 Å². The Labute approximate surface area is 181 Å². The van der Waals surface area contributed by atoms with Crippen LogP contribution in [0, 0.1) is 0 Å². The van der Waals surface area contributed by atoms with Crippen molar-refractivity contribution in [2.24, 2.45) is 0 Å². The van der Waals surface area contributed by atoms with Gasteiger partial charge in [0.05, 0.1) is 28.4 Å². The number of hydrogen-bond donors (Lipinski definition) is 2. The summed E-state index contributed by atoms with van der Waals surface area (Å²) in [5, 5.41) is 0.962. The number of nitrogens with zero attached hydrogens (tertiary/aromatic N) is 2. The van der Waals surface area contributed by atoms with E-state index in [4.69, 9.17) is 4.74 Å². The van der Waals surface area contributed by atoms with E-state index < -0.39 is 5.69 Å². The molecule has 0 aliphatic heterocycles. The predicted octanol–water partition coefficient (Wildman–Crippen LogP) is 1.88. The second-order valence-electron chi connectivity index (χ2n) is 7.39. The Kier molecular flexibility index (Phi) is 6.25. The average molecular weight is 434 g/mol. The van der Waals surface area contributed by atoms with Gasteiger partial charge in [0.25, 0.3) is 11.1 Å². The molecule has 0 bridgehead atoms.